The molecule has 134 valence electrons. The van der Waals surface area contributed by atoms with Crippen molar-refractivity contribution in [2.45, 2.75) is 13.0 Å². The van der Waals surface area contributed by atoms with Crippen LogP contribution in [0.3, 0.4) is 0 Å². The van der Waals surface area contributed by atoms with E-state index in [1.54, 1.807) is 50.4 Å². The van der Waals surface area contributed by atoms with E-state index in [2.05, 4.69) is 16.0 Å². The Morgan fingerprint density at radius 1 is 1.19 bits per heavy atom. The van der Waals surface area contributed by atoms with Gasteiger partial charge in [-0.3, -0.25) is 4.79 Å². The molecule has 0 spiro atoms. The van der Waals surface area contributed by atoms with Crippen LogP contribution in [0.1, 0.15) is 18.5 Å². The van der Waals surface area contributed by atoms with Crippen molar-refractivity contribution < 1.29 is 19.4 Å². The van der Waals surface area contributed by atoms with Crippen LogP contribution in [0.15, 0.2) is 59.8 Å². The number of urea groups is 1. The van der Waals surface area contributed by atoms with Gasteiger partial charge in [0.15, 0.2) is 0 Å². The molecule has 0 saturated heterocycles. The Balaban J connectivity index is 1.92. The Morgan fingerprint density at radius 3 is 2.62 bits per heavy atom. The normalized spacial score (nSPS) is 16.5. The Morgan fingerprint density at radius 2 is 1.92 bits per heavy atom. The van der Waals surface area contributed by atoms with Crippen molar-refractivity contribution in [1.82, 2.24) is 10.6 Å². The number of ether oxygens (including phenoxy) is 1. The number of allylic oxidation sites excluding steroid dienone is 1. The average Bonchev–Trinajstić information content (AvgIpc) is 2.61. The fourth-order valence-corrected chi connectivity index (χ4v) is 2.81. The van der Waals surface area contributed by atoms with Gasteiger partial charge in [-0.1, -0.05) is 18.2 Å². The largest absolute Gasteiger partial charge is 0.508 e. The molecule has 1 aliphatic rings. The Bertz CT molecular complexity index is 875. The van der Waals surface area contributed by atoms with Gasteiger partial charge in [0.05, 0.1) is 18.7 Å². The molecule has 1 unspecified atom stereocenters. The molecule has 2 aromatic carbocycles. The summed E-state index contributed by atoms with van der Waals surface area (Å²) in [5.74, 6) is 0.386. The highest BCUT2D eigenvalue weighted by Gasteiger charge is 2.31. The quantitative estimate of drug-likeness (QED) is 0.679. The van der Waals surface area contributed by atoms with Crippen LogP contribution in [0.25, 0.3) is 0 Å². The fourth-order valence-electron chi connectivity index (χ4n) is 2.81. The minimum absolute atomic E-state index is 0.108. The number of carbonyl (C=O) groups is 2. The molecular weight excluding hydrogens is 334 g/mol. The molecule has 26 heavy (non-hydrogen) atoms. The number of phenolic OH excluding ortho intramolecular Hbond substituents is 1. The number of nitrogens with one attached hydrogen (secondary N) is 3. The molecule has 7 heteroatoms. The zero-order chi connectivity index (χ0) is 18.7. The zero-order valence-electron chi connectivity index (χ0n) is 14.4. The summed E-state index contributed by atoms with van der Waals surface area (Å²) in [4.78, 5) is 24.8. The van der Waals surface area contributed by atoms with E-state index < -0.39 is 12.1 Å². The Hall–Kier alpha value is -3.48. The van der Waals surface area contributed by atoms with Crippen LogP contribution in [0.4, 0.5) is 10.5 Å². The van der Waals surface area contributed by atoms with Crippen LogP contribution in [0.2, 0.25) is 0 Å². The number of phenols is 1. The summed E-state index contributed by atoms with van der Waals surface area (Å²) in [5, 5.41) is 17.7. The summed E-state index contributed by atoms with van der Waals surface area (Å²) in [5.41, 5.74) is 2.12. The summed E-state index contributed by atoms with van der Waals surface area (Å²) in [6.07, 6.45) is 0. The average molecular weight is 353 g/mol. The second-order valence-corrected chi connectivity index (χ2v) is 5.85. The molecule has 0 saturated carbocycles. The van der Waals surface area contributed by atoms with Crippen LogP contribution in [-0.4, -0.2) is 24.2 Å². The smallest absolute Gasteiger partial charge is 0.319 e. The van der Waals surface area contributed by atoms with Gasteiger partial charge in [0.1, 0.15) is 11.5 Å². The molecule has 0 fully saturated rings. The molecule has 0 radical (unpaired) electrons. The first kappa shape index (κ1) is 17.3. The van der Waals surface area contributed by atoms with Gasteiger partial charge in [-0.2, -0.15) is 0 Å². The van der Waals surface area contributed by atoms with Gasteiger partial charge in [-0.15, -0.1) is 0 Å². The van der Waals surface area contributed by atoms with Gasteiger partial charge < -0.3 is 25.8 Å². The Labute approximate surface area is 150 Å². The highest BCUT2D eigenvalue weighted by Crippen LogP contribution is 2.29. The van der Waals surface area contributed by atoms with Crippen LogP contribution in [0.5, 0.6) is 11.5 Å². The van der Waals surface area contributed by atoms with E-state index in [0.717, 1.165) is 0 Å². The maximum Gasteiger partial charge on any atom is 0.319 e. The summed E-state index contributed by atoms with van der Waals surface area (Å²) < 4.78 is 5.16. The van der Waals surface area contributed by atoms with E-state index in [1.807, 2.05) is 0 Å². The third-order valence-electron chi connectivity index (χ3n) is 4.07. The maximum absolute atomic E-state index is 12.9. The summed E-state index contributed by atoms with van der Waals surface area (Å²) in [6, 6.07) is 12.3. The number of methoxy groups -OCH3 is 1. The second kappa shape index (κ2) is 7.18. The fraction of sp³-hybridized carbons (Fsp3) is 0.158. The first-order valence-corrected chi connectivity index (χ1v) is 8.00. The summed E-state index contributed by atoms with van der Waals surface area (Å²) >= 11 is 0. The van der Waals surface area contributed by atoms with Crippen molar-refractivity contribution in [3.63, 3.8) is 0 Å². The predicted octanol–water partition coefficient (Wildman–Crippen LogP) is 2.67. The third-order valence-corrected chi connectivity index (χ3v) is 4.07. The number of anilines is 1. The lowest BCUT2D eigenvalue weighted by Crippen LogP contribution is -2.45. The van der Waals surface area contributed by atoms with Gasteiger partial charge in [0.25, 0.3) is 5.91 Å². The van der Waals surface area contributed by atoms with Crippen molar-refractivity contribution in [2.75, 3.05) is 12.4 Å². The van der Waals surface area contributed by atoms with Crippen LogP contribution in [0, 0.1) is 0 Å². The van der Waals surface area contributed by atoms with Gasteiger partial charge in [-0.25, -0.2) is 4.79 Å². The third kappa shape index (κ3) is 3.61. The standard InChI is InChI=1S/C19H19N3O4/c1-11-16(18(24)21-13-4-3-5-15(10-13)26-2)17(22-19(25)20-11)12-6-8-14(23)9-7-12/h3-10,17,23H,1-2H3,(H,21,24)(H2,20,22,25). The second-order valence-electron chi connectivity index (χ2n) is 5.85. The molecule has 7 nitrogen and oxygen atoms in total. The zero-order valence-corrected chi connectivity index (χ0v) is 14.4. The van der Waals surface area contributed by atoms with E-state index in [-0.39, 0.29) is 11.7 Å². The molecule has 3 rings (SSSR count). The molecule has 1 heterocycles. The van der Waals surface area contributed by atoms with E-state index >= 15 is 0 Å². The van der Waals surface area contributed by atoms with Crippen molar-refractivity contribution in [1.29, 1.82) is 0 Å². The van der Waals surface area contributed by atoms with E-state index in [4.69, 9.17) is 4.74 Å². The number of aromatic hydroxyl groups is 1. The number of carbonyl (C=O) groups excluding carboxylic acids is 2. The first-order valence-electron chi connectivity index (χ1n) is 8.00. The molecule has 3 amide bonds. The Kier molecular flexibility index (Phi) is 4.79. The highest BCUT2D eigenvalue weighted by molar-refractivity contribution is 6.06. The van der Waals surface area contributed by atoms with Crippen molar-refractivity contribution in [3.05, 3.63) is 65.4 Å². The molecule has 4 N–H and O–H groups in total. The van der Waals surface area contributed by atoms with E-state index in [1.165, 1.54) is 12.1 Å². The van der Waals surface area contributed by atoms with Gasteiger partial charge >= 0.3 is 6.03 Å². The number of hydrogen-bond donors (Lipinski definition) is 4. The topological polar surface area (TPSA) is 99.7 Å². The number of hydrogen-bond acceptors (Lipinski definition) is 4. The SMILES string of the molecule is COc1cccc(NC(=O)C2=C(C)NC(=O)NC2c2ccc(O)cc2)c1. The van der Waals surface area contributed by atoms with Crippen molar-refractivity contribution in [3.8, 4) is 11.5 Å². The minimum atomic E-state index is -0.630. The van der Waals surface area contributed by atoms with E-state index in [0.29, 0.717) is 28.3 Å². The monoisotopic (exact) mass is 353 g/mol. The minimum Gasteiger partial charge on any atom is -0.508 e. The van der Waals surface area contributed by atoms with Gasteiger partial charge in [0.2, 0.25) is 0 Å². The van der Waals surface area contributed by atoms with Crippen LogP contribution < -0.4 is 20.7 Å². The number of amides is 3. The van der Waals surface area contributed by atoms with Crippen molar-refractivity contribution >= 4 is 17.6 Å². The van der Waals surface area contributed by atoms with Gasteiger partial charge in [-0.05, 0) is 36.8 Å². The molecule has 2 aromatic rings. The molecule has 1 atom stereocenters. The van der Waals surface area contributed by atoms with Crippen molar-refractivity contribution in [2.24, 2.45) is 0 Å². The van der Waals surface area contributed by atoms with E-state index in [9.17, 15) is 14.7 Å². The first-order chi connectivity index (χ1) is 12.5. The summed E-state index contributed by atoms with van der Waals surface area (Å²) in [6.45, 7) is 1.67. The van der Waals surface area contributed by atoms with Crippen LogP contribution in [-0.2, 0) is 4.79 Å². The molecule has 1 aliphatic heterocycles. The lowest BCUT2D eigenvalue weighted by molar-refractivity contribution is -0.113. The molecule has 0 aromatic heterocycles. The highest BCUT2D eigenvalue weighted by atomic mass is 16.5. The number of rotatable bonds is 4. The lowest BCUT2D eigenvalue weighted by atomic mass is 9.94. The molecular formula is C19H19N3O4. The van der Waals surface area contributed by atoms with Crippen LogP contribution >= 0.6 is 0 Å². The predicted molar refractivity (Wildman–Crippen MR) is 96.8 cm³/mol. The molecule has 0 bridgehead atoms. The van der Waals surface area contributed by atoms with Gasteiger partial charge in [0, 0.05) is 17.5 Å². The summed E-state index contributed by atoms with van der Waals surface area (Å²) in [7, 11) is 1.55. The maximum atomic E-state index is 12.9. The lowest BCUT2D eigenvalue weighted by Gasteiger charge is -2.28. The molecule has 0 aliphatic carbocycles. The number of benzene rings is 2.